The SMILES string of the molecule is COc1cn(CC2CCC(F)(F)C2)nc1C(F)(F)F. The summed E-state index contributed by atoms with van der Waals surface area (Å²) in [6.45, 7) is 0.0437. The van der Waals surface area contributed by atoms with Crippen LogP contribution in [0.4, 0.5) is 22.0 Å². The van der Waals surface area contributed by atoms with E-state index in [1.165, 1.54) is 0 Å². The fourth-order valence-electron chi connectivity index (χ4n) is 2.30. The Morgan fingerprint density at radius 1 is 1.47 bits per heavy atom. The van der Waals surface area contributed by atoms with Gasteiger partial charge in [0.15, 0.2) is 5.75 Å². The molecule has 2 rings (SSSR count). The van der Waals surface area contributed by atoms with E-state index < -0.39 is 23.5 Å². The van der Waals surface area contributed by atoms with Gasteiger partial charge in [0.05, 0.1) is 13.3 Å². The van der Waals surface area contributed by atoms with E-state index in [1.807, 2.05) is 0 Å². The highest BCUT2D eigenvalue weighted by atomic mass is 19.4. The maximum atomic E-state index is 13.0. The quantitative estimate of drug-likeness (QED) is 0.796. The first kappa shape index (κ1) is 14.1. The van der Waals surface area contributed by atoms with Gasteiger partial charge in [-0.25, -0.2) is 8.78 Å². The fraction of sp³-hybridized carbons (Fsp3) is 0.727. The molecule has 1 heterocycles. The molecule has 1 aliphatic carbocycles. The van der Waals surface area contributed by atoms with Crippen molar-refractivity contribution in [2.24, 2.45) is 5.92 Å². The topological polar surface area (TPSA) is 27.1 Å². The van der Waals surface area contributed by atoms with E-state index in [0.717, 1.165) is 18.0 Å². The Morgan fingerprint density at radius 3 is 2.58 bits per heavy atom. The van der Waals surface area contributed by atoms with Crippen molar-refractivity contribution in [2.45, 2.75) is 37.9 Å². The van der Waals surface area contributed by atoms with Crippen LogP contribution in [-0.2, 0) is 12.7 Å². The molecule has 0 aliphatic heterocycles. The van der Waals surface area contributed by atoms with Crippen LogP contribution in [0.3, 0.4) is 0 Å². The molecule has 1 aromatic rings. The van der Waals surface area contributed by atoms with Crippen molar-refractivity contribution in [3.8, 4) is 5.75 Å². The molecule has 1 atom stereocenters. The predicted octanol–water partition coefficient (Wildman–Crippen LogP) is 3.35. The van der Waals surface area contributed by atoms with Crippen LogP contribution in [0.5, 0.6) is 5.75 Å². The zero-order chi connectivity index (χ0) is 14.3. The largest absolute Gasteiger partial charge is 0.493 e. The van der Waals surface area contributed by atoms with Crippen molar-refractivity contribution in [1.82, 2.24) is 9.78 Å². The van der Waals surface area contributed by atoms with Gasteiger partial charge in [0, 0.05) is 19.4 Å². The van der Waals surface area contributed by atoms with Gasteiger partial charge in [0.1, 0.15) is 0 Å². The fourth-order valence-corrected chi connectivity index (χ4v) is 2.30. The lowest BCUT2D eigenvalue weighted by Crippen LogP contribution is -2.14. The minimum absolute atomic E-state index is 0.0437. The second-order valence-corrected chi connectivity index (χ2v) is 4.73. The summed E-state index contributed by atoms with van der Waals surface area (Å²) in [5.74, 6) is -3.47. The molecule has 0 bridgehead atoms. The van der Waals surface area contributed by atoms with Crippen LogP contribution in [0.15, 0.2) is 6.20 Å². The number of hydrogen-bond acceptors (Lipinski definition) is 2. The predicted molar refractivity (Wildman–Crippen MR) is 56.1 cm³/mol. The first-order chi connectivity index (χ1) is 8.71. The normalized spacial score (nSPS) is 22.7. The molecule has 0 aromatic carbocycles. The molecule has 0 radical (unpaired) electrons. The van der Waals surface area contributed by atoms with Gasteiger partial charge < -0.3 is 4.74 Å². The number of aromatic nitrogens is 2. The third-order valence-corrected chi connectivity index (χ3v) is 3.17. The molecule has 1 saturated carbocycles. The summed E-state index contributed by atoms with van der Waals surface area (Å²) in [5, 5.41) is 3.39. The van der Waals surface area contributed by atoms with E-state index in [0.29, 0.717) is 0 Å². The van der Waals surface area contributed by atoms with E-state index >= 15 is 0 Å². The second kappa shape index (κ2) is 4.64. The average molecular weight is 284 g/mol. The highest BCUT2D eigenvalue weighted by Gasteiger charge is 2.41. The van der Waals surface area contributed by atoms with E-state index in [1.54, 1.807) is 0 Å². The van der Waals surface area contributed by atoms with Crippen LogP contribution < -0.4 is 4.74 Å². The molecule has 1 fully saturated rings. The number of nitrogens with zero attached hydrogens (tertiary/aromatic N) is 2. The molecular formula is C11H13F5N2O. The van der Waals surface area contributed by atoms with Gasteiger partial charge in [0.25, 0.3) is 0 Å². The number of methoxy groups -OCH3 is 1. The maximum absolute atomic E-state index is 13.0. The Hall–Kier alpha value is -1.34. The summed E-state index contributed by atoms with van der Waals surface area (Å²) in [7, 11) is 1.11. The third-order valence-electron chi connectivity index (χ3n) is 3.17. The number of halogens is 5. The van der Waals surface area contributed by atoms with Gasteiger partial charge in [0.2, 0.25) is 11.6 Å². The summed E-state index contributed by atoms with van der Waals surface area (Å²) in [6.07, 6.45) is -3.76. The monoisotopic (exact) mass is 284 g/mol. The van der Waals surface area contributed by atoms with Gasteiger partial charge in [-0.1, -0.05) is 0 Å². The molecule has 108 valence electrons. The zero-order valence-electron chi connectivity index (χ0n) is 10.2. The standard InChI is InChI=1S/C11H13F5N2O/c1-19-8-6-18(17-9(8)11(14,15)16)5-7-2-3-10(12,13)4-7/h6-7H,2-5H2,1H3. The van der Waals surface area contributed by atoms with Crippen molar-refractivity contribution in [1.29, 1.82) is 0 Å². The van der Waals surface area contributed by atoms with Crippen molar-refractivity contribution in [3.05, 3.63) is 11.9 Å². The van der Waals surface area contributed by atoms with Gasteiger partial charge in [-0.2, -0.15) is 18.3 Å². The average Bonchev–Trinajstić information content (AvgIpc) is 2.82. The van der Waals surface area contributed by atoms with E-state index in [2.05, 4.69) is 9.84 Å². The van der Waals surface area contributed by atoms with Gasteiger partial charge in [-0.15, -0.1) is 0 Å². The van der Waals surface area contributed by atoms with Crippen LogP contribution in [-0.4, -0.2) is 22.8 Å². The van der Waals surface area contributed by atoms with E-state index in [4.69, 9.17) is 0 Å². The van der Waals surface area contributed by atoms with E-state index in [9.17, 15) is 22.0 Å². The first-order valence-corrected chi connectivity index (χ1v) is 5.78. The summed E-state index contributed by atoms with van der Waals surface area (Å²) in [4.78, 5) is 0. The number of rotatable bonds is 3. The highest BCUT2D eigenvalue weighted by Crippen LogP contribution is 2.40. The second-order valence-electron chi connectivity index (χ2n) is 4.73. The lowest BCUT2D eigenvalue weighted by Gasteiger charge is -2.10. The molecular weight excluding hydrogens is 271 g/mol. The molecule has 3 nitrogen and oxygen atoms in total. The number of hydrogen-bond donors (Lipinski definition) is 0. The molecule has 19 heavy (non-hydrogen) atoms. The lowest BCUT2D eigenvalue weighted by molar-refractivity contribution is -0.142. The van der Waals surface area contributed by atoms with Crippen LogP contribution >= 0.6 is 0 Å². The van der Waals surface area contributed by atoms with Gasteiger partial charge >= 0.3 is 6.18 Å². The highest BCUT2D eigenvalue weighted by molar-refractivity contribution is 5.27. The zero-order valence-corrected chi connectivity index (χ0v) is 10.2. The number of alkyl halides is 5. The Labute approximate surface area is 106 Å². The van der Waals surface area contributed by atoms with Crippen LogP contribution in [0.2, 0.25) is 0 Å². The minimum Gasteiger partial charge on any atom is -0.493 e. The Kier molecular flexibility index (Phi) is 3.44. The molecule has 0 N–H and O–H groups in total. The van der Waals surface area contributed by atoms with Crippen LogP contribution in [0.1, 0.15) is 25.0 Å². The molecule has 0 saturated heterocycles. The lowest BCUT2D eigenvalue weighted by atomic mass is 10.1. The number of ether oxygens (including phenoxy) is 1. The van der Waals surface area contributed by atoms with Crippen molar-refractivity contribution >= 4 is 0 Å². The van der Waals surface area contributed by atoms with Gasteiger partial charge in [-0.05, 0) is 12.3 Å². The maximum Gasteiger partial charge on any atom is 0.438 e. The Morgan fingerprint density at radius 2 is 2.16 bits per heavy atom. The van der Waals surface area contributed by atoms with Crippen molar-refractivity contribution in [2.75, 3.05) is 7.11 Å². The van der Waals surface area contributed by atoms with Crippen molar-refractivity contribution < 1.29 is 26.7 Å². The summed E-state index contributed by atoms with van der Waals surface area (Å²) in [5.41, 5.74) is -1.13. The molecule has 1 aromatic heterocycles. The van der Waals surface area contributed by atoms with Crippen LogP contribution in [0.25, 0.3) is 0 Å². The molecule has 8 heteroatoms. The Bertz CT molecular complexity index is 454. The minimum atomic E-state index is -4.61. The van der Waals surface area contributed by atoms with Gasteiger partial charge in [-0.3, -0.25) is 4.68 Å². The van der Waals surface area contributed by atoms with E-state index in [-0.39, 0.29) is 31.7 Å². The third kappa shape index (κ3) is 3.16. The first-order valence-electron chi connectivity index (χ1n) is 5.78. The van der Waals surface area contributed by atoms with Crippen molar-refractivity contribution in [3.63, 3.8) is 0 Å². The smallest absolute Gasteiger partial charge is 0.438 e. The summed E-state index contributed by atoms with van der Waals surface area (Å²) < 4.78 is 69.5. The molecule has 1 aliphatic rings. The molecule has 0 spiro atoms. The van der Waals surface area contributed by atoms with Crippen LogP contribution in [0, 0.1) is 5.92 Å². The Balaban J connectivity index is 2.12. The molecule has 0 amide bonds. The molecule has 1 unspecified atom stereocenters. The summed E-state index contributed by atoms with van der Waals surface area (Å²) in [6, 6.07) is 0. The summed E-state index contributed by atoms with van der Waals surface area (Å²) >= 11 is 0.